The lowest BCUT2D eigenvalue weighted by atomic mass is 10.0. The first-order chi connectivity index (χ1) is 10.0. The minimum absolute atomic E-state index is 0.356. The predicted molar refractivity (Wildman–Crippen MR) is 84.7 cm³/mol. The normalized spacial score (nSPS) is 21.5. The van der Waals surface area contributed by atoms with Gasteiger partial charge in [-0.25, -0.2) is 9.79 Å². The van der Waals surface area contributed by atoms with Crippen LogP contribution in [0.5, 0.6) is 0 Å². The molecule has 0 unspecified atom stereocenters. The average Bonchev–Trinajstić information content (AvgIpc) is 2.74. The Bertz CT molecular complexity index is 631. The first-order valence-corrected chi connectivity index (χ1v) is 6.98. The van der Waals surface area contributed by atoms with E-state index in [4.69, 9.17) is 4.74 Å². The van der Waals surface area contributed by atoms with Crippen molar-refractivity contribution in [1.82, 2.24) is 4.90 Å². The van der Waals surface area contributed by atoms with Crippen LogP contribution < -0.4 is 0 Å². The van der Waals surface area contributed by atoms with Gasteiger partial charge < -0.3 is 9.64 Å². The monoisotopic (exact) mass is 284 g/mol. The van der Waals surface area contributed by atoms with Crippen molar-refractivity contribution in [3.63, 3.8) is 0 Å². The summed E-state index contributed by atoms with van der Waals surface area (Å²) >= 11 is 0. The molecule has 4 nitrogen and oxygen atoms in total. The van der Waals surface area contributed by atoms with E-state index in [1.807, 2.05) is 62.4 Å². The summed E-state index contributed by atoms with van der Waals surface area (Å²) in [5, 5.41) is 0. The Labute approximate surface area is 125 Å². The zero-order chi connectivity index (χ0) is 15.4. The molecule has 0 radical (unpaired) electrons. The van der Waals surface area contributed by atoms with Crippen molar-refractivity contribution in [3.05, 3.63) is 59.1 Å². The van der Waals surface area contributed by atoms with Crippen LogP contribution >= 0.6 is 0 Å². The zero-order valence-electron chi connectivity index (χ0n) is 12.9. The molecule has 0 aromatic carbocycles. The van der Waals surface area contributed by atoms with Crippen LogP contribution in [0.25, 0.3) is 0 Å². The second-order valence-electron chi connectivity index (χ2n) is 4.87. The highest BCUT2D eigenvalue weighted by Gasteiger charge is 2.23. The van der Waals surface area contributed by atoms with Crippen LogP contribution in [-0.2, 0) is 9.53 Å². The average molecular weight is 284 g/mol. The van der Waals surface area contributed by atoms with Crippen LogP contribution in [0.2, 0.25) is 0 Å². The molecule has 0 aliphatic carbocycles. The van der Waals surface area contributed by atoms with Gasteiger partial charge in [-0.1, -0.05) is 12.2 Å². The van der Waals surface area contributed by atoms with Crippen LogP contribution in [-0.4, -0.2) is 30.2 Å². The van der Waals surface area contributed by atoms with Gasteiger partial charge in [0.2, 0.25) is 0 Å². The molecule has 21 heavy (non-hydrogen) atoms. The third kappa shape index (κ3) is 3.21. The third-order valence-corrected chi connectivity index (χ3v) is 3.41. The molecule has 0 bridgehead atoms. The molecule has 4 heteroatoms. The number of likely N-dealkylation sites (N-methyl/N-ethyl adjacent to an activating group) is 1. The Hall–Kier alpha value is -2.36. The minimum Gasteiger partial charge on any atom is -0.461 e. The quantitative estimate of drug-likeness (QED) is 0.748. The van der Waals surface area contributed by atoms with Crippen LogP contribution in [0.3, 0.4) is 0 Å². The predicted octanol–water partition coefficient (Wildman–Crippen LogP) is 3.12. The number of allylic oxidation sites excluding steroid dienone is 7. The van der Waals surface area contributed by atoms with E-state index in [9.17, 15) is 4.79 Å². The number of hydrogen-bond donors (Lipinski definition) is 0. The van der Waals surface area contributed by atoms with Crippen molar-refractivity contribution < 1.29 is 9.53 Å². The topological polar surface area (TPSA) is 41.9 Å². The lowest BCUT2D eigenvalue weighted by Crippen LogP contribution is -2.10. The lowest BCUT2D eigenvalue weighted by Gasteiger charge is -2.17. The summed E-state index contributed by atoms with van der Waals surface area (Å²) in [4.78, 5) is 18.2. The minimum atomic E-state index is -0.358. The molecular weight excluding hydrogens is 264 g/mol. The Balaban J connectivity index is 2.28. The van der Waals surface area contributed by atoms with E-state index in [0.29, 0.717) is 12.3 Å². The smallest absolute Gasteiger partial charge is 0.357 e. The number of nitrogens with zero attached hydrogens (tertiary/aromatic N) is 2. The van der Waals surface area contributed by atoms with E-state index in [2.05, 4.69) is 4.99 Å². The molecule has 0 spiro atoms. The van der Waals surface area contributed by atoms with E-state index in [1.165, 1.54) is 0 Å². The summed E-state index contributed by atoms with van der Waals surface area (Å²) in [7, 11) is 1.99. The van der Waals surface area contributed by atoms with Crippen molar-refractivity contribution in [2.75, 3.05) is 13.7 Å². The molecule has 0 aromatic heterocycles. The van der Waals surface area contributed by atoms with Gasteiger partial charge in [-0.3, -0.25) is 0 Å². The van der Waals surface area contributed by atoms with Crippen LogP contribution in [0.4, 0.5) is 0 Å². The van der Waals surface area contributed by atoms with Crippen molar-refractivity contribution >= 4 is 11.7 Å². The zero-order valence-corrected chi connectivity index (χ0v) is 12.9. The molecule has 0 aromatic rings. The Morgan fingerprint density at radius 2 is 2.10 bits per heavy atom. The van der Waals surface area contributed by atoms with Gasteiger partial charge >= 0.3 is 5.97 Å². The molecule has 2 aliphatic heterocycles. The Morgan fingerprint density at radius 3 is 2.76 bits per heavy atom. The summed E-state index contributed by atoms with van der Waals surface area (Å²) in [6.45, 7) is 5.95. The van der Waals surface area contributed by atoms with Gasteiger partial charge in [-0.15, -0.1) is 0 Å². The molecular formula is C17H20N2O2. The number of carbonyl (C=O) groups excluding carboxylic acids is 1. The van der Waals surface area contributed by atoms with E-state index >= 15 is 0 Å². The summed E-state index contributed by atoms with van der Waals surface area (Å²) < 4.78 is 5.03. The lowest BCUT2D eigenvalue weighted by molar-refractivity contribution is -0.138. The maximum Gasteiger partial charge on any atom is 0.357 e. The van der Waals surface area contributed by atoms with Crippen molar-refractivity contribution in [1.29, 1.82) is 0 Å². The summed E-state index contributed by atoms with van der Waals surface area (Å²) in [5.74, 6) is -0.358. The molecule has 2 aliphatic rings. The highest BCUT2D eigenvalue weighted by atomic mass is 16.5. The number of esters is 1. The molecule has 2 heterocycles. The fourth-order valence-corrected chi connectivity index (χ4v) is 2.23. The molecule has 0 saturated carbocycles. The maximum atomic E-state index is 11.8. The first kappa shape index (κ1) is 15.0. The van der Waals surface area contributed by atoms with Gasteiger partial charge in [0.25, 0.3) is 0 Å². The van der Waals surface area contributed by atoms with E-state index < -0.39 is 0 Å². The maximum absolute atomic E-state index is 11.8. The number of carbonyl (C=O) groups is 1. The summed E-state index contributed by atoms with van der Waals surface area (Å²) in [6, 6.07) is 0. The Kier molecular flexibility index (Phi) is 4.58. The number of hydrogen-bond acceptors (Lipinski definition) is 4. The van der Waals surface area contributed by atoms with E-state index in [1.54, 1.807) is 6.92 Å². The highest BCUT2D eigenvalue weighted by molar-refractivity contribution is 6.10. The van der Waals surface area contributed by atoms with Gasteiger partial charge in [0.05, 0.1) is 6.61 Å². The van der Waals surface area contributed by atoms with Crippen LogP contribution in [0.1, 0.15) is 20.8 Å². The van der Waals surface area contributed by atoms with Crippen molar-refractivity contribution in [3.8, 4) is 0 Å². The first-order valence-electron chi connectivity index (χ1n) is 6.98. The fraction of sp³-hybridized carbons (Fsp3) is 0.294. The molecule has 0 atom stereocenters. The molecule has 110 valence electrons. The third-order valence-electron chi connectivity index (χ3n) is 3.41. The van der Waals surface area contributed by atoms with Crippen LogP contribution in [0.15, 0.2) is 64.1 Å². The molecule has 0 amide bonds. The Morgan fingerprint density at radius 1 is 1.33 bits per heavy atom. The van der Waals surface area contributed by atoms with Gasteiger partial charge in [0.1, 0.15) is 0 Å². The number of ether oxygens (including phenoxy) is 1. The largest absolute Gasteiger partial charge is 0.461 e. The van der Waals surface area contributed by atoms with E-state index in [0.717, 1.165) is 22.6 Å². The number of aliphatic imine (C=N–C) groups is 1. The molecule has 2 rings (SSSR count). The fourth-order valence-electron chi connectivity index (χ4n) is 2.23. The second kappa shape index (κ2) is 6.39. The van der Waals surface area contributed by atoms with Crippen molar-refractivity contribution in [2.45, 2.75) is 20.8 Å². The summed E-state index contributed by atoms with van der Waals surface area (Å²) in [5.41, 5.74) is 4.16. The van der Waals surface area contributed by atoms with Crippen LogP contribution in [0, 0.1) is 0 Å². The number of rotatable bonds is 3. The summed E-state index contributed by atoms with van der Waals surface area (Å²) in [6.07, 6.45) is 12.0. The van der Waals surface area contributed by atoms with Gasteiger partial charge in [0.15, 0.2) is 5.70 Å². The molecule has 0 saturated heterocycles. The SMILES string of the molecule is CCOC(=O)C1=C(C)/C(=C/C=C2/C=CC=CN2C)C(C)=N1. The van der Waals surface area contributed by atoms with Crippen molar-refractivity contribution in [2.24, 2.45) is 4.99 Å². The van der Waals surface area contributed by atoms with Gasteiger partial charge in [-0.2, -0.15) is 0 Å². The second-order valence-corrected chi connectivity index (χ2v) is 4.87. The van der Waals surface area contributed by atoms with E-state index in [-0.39, 0.29) is 5.97 Å². The molecule has 0 fully saturated rings. The molecule has 0 N–H and O–H groups in total. The van der Waals surface area contributed by atoms with Gasteiger partial charge in [0, 0.05) is 30.2 Å². The van der Waals surface area contributed by atoms with Gasteiger partial charge in [-0.05, 0) is 44.6 Å². The highest BCUT2D eigenvalue weighted by Crippen LogP contribution is 2.26. The standard InChI is InChI=1S/C17H20N2O2/c1-5-21-17(20)16-12(2)15(13(3)18-16)10-9-14-8-6-7-11-19(14)4/h6-11H,5H2,1-4H3/b14-9-,15-10-.